The summed E-state index contributed by atoms with van der Waals surface area (Å²) in [5.41, 5.74) is 0. The number of ether oxygens (including phenoxy) is 2. The third kappa shape index (κ3) is 3.95. The molecule has 0 aromatic heterocycles. The molecule has 1 saturated heterocycles. The Balaban J connectivity index is 2.03. The number of carboxylic acid groups (broad SMARTS) is 1. The topological polar surface area (TPSA) is 93.1 Å². The fourth-order valence-corrected chi connectivity index (χ4v) is 3.47. The molecule has 7 heteroatoms. The molecule has 2 fully saturated rings. The second kappa shape index (κ2) is 7.19. The molecule has 1 aliphatic carbocycles. The average molecular weight is 327 g/mol. The van der Waals surface area contributed by atoms with E-state index in [1.807, 2.05) is 0 Å². The maximum atomic E-state index is 12.4. The number of fused-ring (bicyclic) bond motifs is 1. The Morgan fingerprint density at radius 3 is 2.35 bits per heavy atom. The van der Waals surface area contributed by atoms with Crippen LogP contribution in [0.1, 0.15) is 52.9 Å². The molecule has 4 atom stereocenters. The molecule has 0 aromatic rings. The van der Waals surface area contributed by atoms with E-state index < -0.39 is 30.4 Å². The van der Waals surface area contributed by atoms with E-state index in [9.17, 15) is 19.5 Å². The summed E-state index contributed by atoms with van der Waals surface area (Å²) in [7, 11) is 0. The van der Waals surface area contributed by atoms with Crippen LogP contribution in [0.4, 0.5) is 4.79 Å². The standard InChI is InChI=1S/C16H25NO6/c1-9(2)15(20)22-10(3)23-16(21)17-12-7-5-4-6-11(12)8-13(17)14(18)19/h9-13H,4-8H2,1-3H3,(H,18,19)/t10-,11+,12+,13+/m1/s1. The number of nitrogens with zero attached hydrogens (tertiary/aromatic N) is 1. The predicted octanol–water partition coefficient (Wildman–Crippen LogP) is 2.39. The monoisotopic (exact) mass is 327 g/mol. The van der Waals surface area contributed by atoms with Crippen LogP contribution in [0.3, 0.4) is 0 Å². The van der Waals surface area contributed by atoms with E-state index in [-0.39, 0.29) is 17.9 Å². The van der Waals surface area contributed by atoms with Crippen LogP contribution in [0.2, 0.25) is 0 Å². The van der Waals surface area contributed by atoms with Gasteiger partial charge in [0.15, 0.2) is 0 Å². The van der Waals surface area contributed by atoms with Crippen LogP contribution < -0.4 is 0 Å². The smallest absolute Gasteiger partial charge is 0.413 e. The lowest BCUT2D eigenvalue weighted by atomic mass is 9.85. The molecule has 1 saturated carbocycles. The molecule has 1 N–H and O–H groups in total. The molecule has 0 aromatic carbocycles. The normalized spacial score (nSPS) is 28.2. The number of aliphatic carboxylic acids is 1. The van der Waals surface area contributed by atoms with Crippen molar-refractivity contribution < 1.29 is 29.0 Å². The molecule has 1 heterocycles. The van der Waals surface area contributed by atoms with Crippen LogP contribution in [-0.2, 0) is 19.1 Å². The van der Waals surface area contributed by atoms with E-state index in [0.29, 0.717) is 6.42 Å². The van der Waals surface area contributed by atoms with Crippen LogP contribution in [-0.4, -0.2) is 46.4 Å². The lowest BCUT2D eigenvalue weighted by molar-refractivity contribution is -0.171. The summed E-state index contributed by atoms with van der Waals surface area (Å²) in [5, 5.41) is 9.40. The number of hydrogen-bond donors (Lipinski definition) is 1. The van der Waals surface area contributed by atoms with Crippen molar-refractivity contribution in [3.05, 3.63) is 0 Å². The SMILES string of the molecule is CC(C)C(=O)O[C@@H](C)OC(=O)N1[C@H](C(=O)O)C[C@@H]2CCCC[C@@H]21. The minimum atomic E-state index is -1.03. The Kier molecular flexibility index (Phi) is 5.49. The summed E-state index contributed by atoms with van der Waals surface area (Å²) in [6, 6.07) is -0.950. The first-order valence-electron chi connectivity index (χ1n) is 8.23. The zero-order chi connectivity index (χ0) is 17.1. The van der Waals surface area contributed by atoms with E-state index in [1.54, 1.807) is 13.8 Å². The molecule has 1 amide bonds. The van der Waals surface area contributed by atoms with Crippen molar-refractivity contribution in [2.45, 2.75) is 71.2 Å². The van der Waals surface area contributed by atoms with E-state index in [0.717, 1.165) is 25.7 Å². The summed E-state index contributed by atoms with van der Waals surface area (Å²) >= 11 is 0. The molecule has 2 aliphatic rings. The van der Waals surface area contributed by atoms with Gasteiger partial charge in [-0.1, -0.05) is 26.7 Å². The number of rotatable bonds is 4. The van der Waals surface area contributed by atoms with Crippen molar-refractivity contribution in [3.8, 4) is 0 Å². The zero-order valence-electron chi connectivity index (χ0n) is 13.9. The summed E-state index contributed by atoms with van der Waals surface area (Å²) in [4.78, 5) is 36.8. The Bertz CT molecular complexity index is 477. The lowest BCUT2D eigenvalue weighted by Gasteiger charge is -2.32. The van der Waals surface area contributed by atoms with Crippen molar-refractivity contribution >= 4 is 18.0 Å². The van der Waals surface area contributed by atoms with Gasteiger partial charge in [0.25, 0.3) is 0 Å². The van der Waals surface area contributed by atoms with Crippen molar-refractivity contribution in [3.63, 3.8) is 0 Å². The number of likely N-dealkylation sites (tertiary alicyclic amines) is 1. The Morgan fingerprint density at radius 2 is 1.74 bits per heavy atom. The van der Waals surface area contributed by atoms with Gasteiger partial charge >= 0.3 is 18.0 Å². The lowest BCUT2D eigenvalue weighted by Crippen LogP contribution is -2.47. The van der Waals surface area contributed by atoms with E-state index in [1.165, 1.54) is 11.8 Å². The van der Waals surface area contributed by atoms with E-state index in [2.05, 4.69) is 0 Å². The highest BCUT2D eigenvalue weighted by atomic mass is 16.7. The first-order chi connectivity index (χ1) is 10.8. The third-order valence-electron chi connectivity index (χ3n) is 4.60. The molecular formula is C16H25NO6. The van der Waals surface area contributed by atoms with E-state index >= 15 is 0 Å². The molecular weight excluding hydrogens is 302 g/mol. The summed E-state index contributed by atoms with van der Waals surface area (Å²) in [6.07, 6.45) is 2.51. The largest absolute Gasteiger partial charge is 0.480 e. The van der Waals surface area contributed by atoms with Crippen LogP contribution >= 0.6 is 0 Å². The first kappa shape index (κ1) is 17.6. The van der Waals surface area contributed by atoms with Gasteiger partial charge in [-0.3, -0.25) is 9.69 Å². The molecule has 0 unspecified atom stereocenters. The van der Waals surface area contributed by atoms with Crippen LogP contribution in [0.25, 0.3) is 0 Å². The minimum absolute atomic E-state index is 0.0923. The Hall–Kier alpha value is -1.79. The Morgan fingerprint density at radius 1 is 1.09 bits per heavy atom. The van der Waals surface area contributed by atoms with Crippen molar-refractivity contribution in [1.29, 1.82) is 0 Å². The fraction of sp³-hybridized carbons (Fsp3) is 0.812. The van der Waals surface area contributed by atoms with Gasteiger partial charge in [0, 0.05) is 13.0 Å². The first-order valence-corrected chi connectivity index (χ1v) is 8.23. The van der Waals surface area contributed by atoms with Crippen LogP contribution in [0, 0.1) is 11.8 Å². The van der Waals surface area contributed by atoms with Gasteiger partial charge in [-0.15, -0.1) is 0 Å². The maximum absolute atomic E-state index is 12.4. The molecule has 2 rings (SSSR count). The van der Waals surface area contributed by atoms with Gasteiger partial charge in [-0.2, -0.15) is 0 Å². The van der Waals surface area contributed by atoms with Gasteiger partial charge in [0.05, 0.1) is 5.92 Å². The van der Waals surface area contributed by atoms with Crippen LogP contribution in [0.15, 0.2) is 0 Å². The van der Waals surface area contributed by atoms with E-state index in [4.69, 9.17) is 9.47 Å². The molecule has 23 heavy (non-hydrogen) atoms. The minimum Gasteiger partial charge on any atom is -0.480 e. The highest BCUT2D eigenvalue weighted by Gasteiger charge is 2.48. The number of carbonyl (C=O) groups excluding carboxylic acids is 2. The number of hydrogen-bond acceptors (Lipinski definition) is 5. The van der Waals surface area contributed by atoms with Gasteiger partial charge < -0.3 is 14.6 Å². The maximum Gasteiger partial charge on any atom is 0.413 e. The zero-order valence-corrected chi connectivity index (χ0v) is 13.9. The summed E-state index contributed by atoms with van der Waals surface area (Å²) in [6.45, 7) is 4.83. The van der Waals surface area contributed by atoms with Crippen molar-refractivity contribution in [2.75, 3.05) is 0 Å². The Labute approximate surface area is 135 Å². The fourth-order valence-electron chi connectivity index (χ4n) is 3.47. The van der Waals surface area contributed by atoms with Gasteiger partial charge in [0.1, 0.15) is 6.04 Å². The van der Waals surface area contributed by atoms with Crippen LogP contribution in [0.5, 0.6) is 0 Å². The second-order valence-electron chi connectivity index (χ2n) is 6.65. The van der Waals surface area contributed by atoms with Crippen molar-refractivity contribution in [1.82, 2.24) is 4.90 Å². The molecule has 1 aliphatic heterocycles. The molecule has 7 nitrogen and oxygen atoms in total. The predicted molar refractivity (Wildman–Crippen MR) is 80.5 cm³/mol. The highest BCUT2D eigenvalue weighted by Crippen LogP contribution is 2.40. The highest BCUT2D eigenvalue weighted by molar-refractivity contribution is 5.81. The molecule has 0 bridgehead atoms. The third-order valence-corrected chi connectivity index (χ3v) is 4.60. The number of esters is 1. The average Bonchev–Trinajstić information content (AvgIpc) is 2.86. The molecule has 130 valence electrons. The number of carbonyl (C=O) groups is 3. The number of amides is 1. The summed E-state index contributed by atoms with van der Waals surface area (Å²) < 4.78 is 10.2. The van der Waals surface area contributed by atoms with Gasteiger partial charge in [-0.05, 0) is 25.2 Å². The van der Waals surface area contributed by atoms with Gasteiger partial charge in [-0.25, -0.2) is 9.59 Å². The molecule has 0 spiro atoms. The number of carboxylic acids is 1. The molecule has 0 radical (unpaired) electrons. The van der Waals surface area contributed by atoms with Gasteiger partial charge in [0.2, 0.25) is 6.29 Å². The van der Waals surface area contributed by atoms with Crippen molar-refractivity contribution in [2.24, 2.45) is 11.8 Å². The summed E-state index contributed by atoms with van der Waals surface area (Å²) in [5.74, 6) is -1.58. The quantitative estimate of drug-likeness (QED) is 0.629. The second-order valence-corrected chi connectivity index (χ2v) is 6.65.